The number of benzene rings is 2. The smallest absolute Gasteiger partial charge is 0.417 e. The van der Waals surface area contributed by atoms with E-state index < -0.39 is 35.1 Å². The van der Waals surface area contributed by atoms with Crippen LogP contribution in [0.25, 0.3) is 11.1 Å². The molecule has 3 aliphatic rings. The number of ether oxygens (including phenoxy) is 2. The van der Waals surface area contributed by atoms with Crippen molar-refractivity contribution in [2.45, 2.75) is 63.4 Å². The highest BCUT2D eigenvalue weighted by molar-refractivity contribution is 7.99. The largest absolute Gasteiger partial charge is 0.444 e. The molecule has 1 amide bonds. The van der Waals surface area contributed by atoms with E-state index in [1.54, 1.807) is 25.7 Å². The molecule has 45 heavy (non-hydrogen) atoms. The number of hydrogen-bond donors (Lipinski definition) is 0. The Bertz CT molecular complexity index is 1490. The van der Waals surface area contributed by atoms with Gasteiger partial charge in [-0.15, -0.1) is 11.8 Å². The van der Waals surface area contributed by atoms with E-state index in [9.17, 15) is 22.4 Å². The summed E-state index contributed by atoms with van der Waals surface area (Å²) in [6.07, 6.45) is -5.32. The van der Waals surface area contributed by atoms with Gasteiger partial charge in [-0.2, -0.15) is 13.2 Å². The maximum Gasteiger partial charge on any atom is 0.417 e. The molecule has 2 saturated heterocycles. The average molecular weight is 655 g/mol. The average Bonchev–Trinajstić information content (AvgIpc) is 3.04. The Morgan fingerprint density at radius 2 is 1.73 bits per heavy atom. The minimum atomic E-state index is -4.86. The third-order valence-electron chi connectivity index (χ3n) is 8.33. The lowest BCUT2D eigenvalue weighted by molar-refractivity contribution is -0.137. The van der Waals surface area contributed by atoms with Gasteiger partial charge in [-0.1, -0.05) is 0 Å². The van der Waals surface area contributed by atoms with E-state index in [1.165, 1.54) is 18.8 Å². The molecule has 3 heterocycles. The van der Waals surface area contributed by atoms with Crippen molar-refractivity contribution in [3.8, 4) is 11.1 Å². The van der Waals surface area contributed by atoms with Gasteiger partial charge in [0.25, 0.3) is 0 Å². The number of piperazine rings is 1. The zero-order chi connectivity index (χ0) is 33.1. The van der Waals surface area contributed by atoms with Crippen LogP contribution in [0.2, 0.25) is 0 Å². The Labute approximate surface area is 264 Å². The number of alkyl halides is 3. The summed E-state index contributed by atoms with van der Waals surface area (Å²) in [7, 11) is 3.34. The second kappa shape index (κ2) is 11.9. The van der Waals surface area contributed by atoms with Gasteiger partial charge in [-0.05, 0) is 52.8 Å². The third-order valence-corrected chi connectivity index (χ3v) is 9.77. The number of thioether (sulfide) groups is 1. The molecule has 0 unspecified atom stereocenters. The zero-order valence-corrected chi connectivity index (χ0v) is 27.3. The monoisotopic (exact) mass is 654 g/mol. The van der Waals surface area contributed by atoms with Crippen LogP contribution in [0.4, 0.5) is 32.4 Å². The summed E-state index contributed by atoms with van der Waals surface area (Å²) in [6, 6.07) is 3.01. The molecule has 5 rings (SSSR count). The minimum Gasteiger partial charge on any atom is -0.444 e. The molecule has 7 nitrogen and oxygen atoms in total. The first kappa shape index (κ1) is 33.3. The predicted octanol–water partition coefficient (Wildman–Crippen LogP) is 6.92. The van der Waals surface area contributed by atoms with Gasteiger partial charge >= 0.3 is 12.3 Å². The van der Waals surface area contributed by atoms with Gasteiger partial charge in [-0.25, -0.2) is 13.6 Å². The summed E-state index contributed by atoms with van der Waals surface area (Å²) in [6.45, 7) is 11.1. The lowest BCUT2D eigenvalue weighted by atomic mass is 9.87. The van der Waals surface area contributed by atoms with E-state index in [1.807, 2.05) is 30.7 Å². The maximum atomic E-state index is 15.3. The van der Waals surface area contributed by atoms with Crippen LogP contribution in [0.1, 0.15) is 45.7 Å². The summed E-state index contributed by atoms with van der Waals surface area (Å²) in [5, 5.41) is 0. The Balaban J connectivity index is 1.67. The van der Waals surface area contributed by atoms with E-state index >= 15 is 4.39 Å². The van der Waals surface area contributed by atoms with Crippen molar-refractivity contribution in [1.29, 1.82) is 0 Å². The Hall–Kier alpha value is -3.06. The highest BCUT2D eigenvalue weighted by Gasteiger charge is 2.46. The van der Waals surface area contributed by atoms with Crippen molar-refractivity contribution in [3.05, 3.63) is 47.0 Å². The van der Waals surface area contributed by atoms with Crippen LogP contribution in [0.5, 0.6) is 0 Å². The van der Waals surface area contributed by atoms with Crippen molar-refractivity contribution >= 4 is 29.4 Å². The molecule has 0 aromatic heterocycles. The summed E-state index contributed by atoms with van der Waals surface area (Å²) in [4.78, 5) is 23.3. The number of amides is 1. The molecule has 0 aliphatic carbocycles. The highest BCUT2D eigenvalue weighted by atomic mass is 32.2. The van der Waals surface area contributed by atoms with Crippen molar-refractivity contribution < 1.29 is 36.2 Å². The number of rotatable bonds is 2. The van der Waals surface area contributed by atoms with Crippen LogP contribution in [0.3, 0.4) is 0 Å². The number of halogens is 5. The molecule has 2 aromatic rings. The Kier molecular flexibility index (Phi) is 8.84. The van der Waals surface area contributed by atoms with Gasteiger partial charge < -0.3 is 19.3 Å². The number of anilines is 1. The molecule has 13 heteroatoms. The van der Waals surface area contributed by atoms with Crippen molar-refractivity contribution in [2.24, 2.45) is 10.4 Å². The molecule has 2 aromatic carbocycles. The zero-order valence-electron chi connectivity index (χ0n) is 26.5. The molecule has 0 radical (unpaired) electrons. The molecular weight excluding hydrogens is 615 g/mol. The molecule has 0 saturated carbocycles. The van der Waals surface area contributed by atoms with Gasteiger partial charge in [0.05, 0.1) is 36.5 Å². The van der Waals surface area contributed by atoms with Crippen molar-refractivity contribution in [2.75, 3.05) is 57.6 Å². The standard InChI is InChI=1S/C32H39F5N4O3S/c1-18-12-40(13-19(2)41(18)29(42)44-30(3,4)5)28(38-6)22-11-23(32(35,36)37)25(21-9-8-20(33)10-24(21)34)27-26(22)39(7)14-31(17-45-27)15-43-16-31/h8-11,18-19H,12-17H2,1-7H3/b38-28+/t18-,19+. The topological polar surface area (TPSA) is 57.6 Å². The fourth-order valence-electron chi connectivity index (χ4n) is 6.54. The lowest BCUT2D eigenvalue weighted by Crippen LogP contribution is -2.60. The van der Waals surface area contributed by atoms with E-state index in [-0.39, 0.29) is 39.1 Å². The lowest BCUT2D eigenvalue weighted by Gasteiger charge is -2.46. The number of fused-ring (bicyclic) bond motifs is 1. The SMILES string of the molecule is C/N=C(\c1cc(C(F)(F)F)c(-c2ccc(F)cc2F)c2c1N(C)CC1(COC1)CS2)N1C[C@@H](C)N(C(=O)OC(C)(C)C)[C@@H](C)C1. The summed E-state index contributed by atoms with van der Waals surface area (Å²) in [5.41, 5.74) is -1.91. The molecule has 1 spiro atoms. The van der Waals surface area contributed by atoms with Gasteiger partial charge in [0.2, 0.25) is 0 Å². The summed E-state index contributed by atoms with van der Waals surface area (Å²) in [5.74, 6) is -1.16. The first-order valence-electron chi connectivity index (χ1n) is 14.8. The van der Waals surface area contributed by atoms with Gasteiger partial charge in [0.15, 0.2) is 0 Å². The quantitative estimate of drug-likeness (QED) is 0.199. The van der Waals surface area contributed by atoms with Crippen LogP contribution < -0.4 is 4.90 Å². The number of hydrogen-bond acceptors (Lipinski definition) is 6. The molecule has 0 bridgehead atoms. The molecular formula is C32H39F5N4O3S. The fourth-order valence-corrected chi connectivity index (χ4v) is 8.02. The second-order valence-corrected chi connectivity index (χ2v) is 14.3. The summed E-state index contributed by atoms with van der Waals surface area (Å²) >= 11 is 1.24. The van der Waals surface area contributed by atoms with Crippen LogP contribution in [-0.4, -0.2) is 92.1 Å². The van der Waals surface area contributed by atoms with Gasteiger partial charge in [0.1, 0.15) is 23.1 Å². The normalized spacial score (nSPS) is 22.2. The molecule has 0 N–H and O–H groups in total. The first-order chi connectivity index (χ1) is 20.9. The van der Waals surface area contributed by atoms with Crippen LogP contribution in [0, 0.1) is 17.0 Å². The second-order valence-electron chi connectivity index (χ2n) is 13.3. The molecule has 2 atom stereocenters. The molecule has 2 fully saturated rings. The predicted molar refractivity (Wildman–Crippen MR) is 165 cm³/mol. The van der Waals surface area contributed by atoms with Crippen LogP contribution >= 0.6 is 11.8 Å². The highest BCUT2D eigenvalue weighted by Crippen LogP contribution is 2.53. The molecule has 3 aliphatic heterocycles. The number of carbonyl (C=O) groups is 1. The van der Waals surface area contributed by atoms with Gasteiger partial charge in [-0.3, -0.25) is 9.89 Å². The number of nitrogens with zero attached hydrogens (tertiary/aromatic N) is 4. The number of aliphatic imine (C=N–C) groups is 1. The third kappa shape index (κ3) is 6.47. The van der Waals surface area contributed by atoms with Gasteiger partial charge in [0, 0.05) is 72.5 Å². The minimum absolute atomic E-state index is 0.253. The van der Waals surface area contributed by atoms with E-state index in [0.29, 0.717) is 56.2 Å². The van der Waals surface area contributed by atoms with Crippen molar-refractivity contribution in [1.82, 2.24) is 9.80 Å². The Morgan fingerprint density at radius 3 is 2.24 bits per heavy atom. The van der Waals surface area contributed by atoms with E-state index in [0.717, 1.165) is 18.2 Å². The number of amidine groups is 1. The summed E-state index contributed by atoms with van der Waals surface area (Å²) < 4.78 is 85.3. The fraction of sp³-hybridized carbons (Fsp3) is 0.562. The Morgan fingerprint density at radius 1 is 1.09 bits per heavy atom. The first-order valence-corrected chi connectivity index (χ1v) is 15.8. The maximum absolute atomic E-state index is 15.3. The van der Waals surface area contributed by atoms with E-state index in [2.05, 4.69) is 4.99 Å². The number of carbonyl (C=O) groups excluding carboxylic acids is 1. The molecule has 246 valence electrons. The van der Waals surface area contributed by atoms with E-state index in [4.69, 9.17) is 9.47 Å². The van der Waals surface area contributed by atoms with Crippen LogP contribution in [0.15, 0.2) is 34.2 Å². The van der Waals surface area contributed by atoms with Crippen LogP contribution in [-0.2, 0) is 15.7 Å². The van der Waals surface area contributed by atoms with Crippen molar-refractivity contribution in [3.63, 3.8) is 0 Å².